The fourth-order valence-electron chi connectivity index (χ4n) is 6.43. The Balaban J connectivity index is 1.36. The molecule has 0 radical (unpaired) electrons. The van der Waals surface area contributed by atoms with Crippen molar-refractivity contribution in [1.82, 2.24) is 15.3 Å². The summed E-state index contributed by atoms with van der Waals surface area (Å²) in [4.78, 5) is 28.5. The summed E-state index contributed by atoms with van der Waals surface area (Å²) in [5, 5.41) is 5.00. The van der Waals surface area contributed by atoms with Gasteiger partial charge in [-0.1, -0.05) is 51.2 Å². The van der Waals surface area contributed by atoms with Crippen LogP contribution in [0.15, 0.2) is 53.4 Å². The average molecular weight is 583 g/mol. The van der Waals surface area contributed by atoms with E-state index in [0.29, 0.717) is 23.7 Å². The molecule has 2 atom stereocenters. The molecule has 2 fully saturated rings. The maximum absolute atomic E-state index is 13.6. The van der Waals surface area contributed by atoms with Gasteiger partial charge in [-0.3, -0.25) is 9.59 Å². The Morgan fingerprint density at radius 2 is 1.59 bits per heavy atom. The predicted octanol–water partition coefficient (Wildman–Crippen LogP) is 5.41. The first-order valence-electron chi connectivity index (χ1n) is 15.1. The van der Waals surface area contributed by atoms with Crippen molar-refractivity contribution in [2.24, 2.45) is 5.92 Å². The molecule has 2 aromatic carbocycles. The summed E-state index contributed by atoms with van der Waals surface area (Å²) >= 11 is 0. The molecule has 1 heterocycles. The lowest BCUT2D eigenvalue weighted by atomic mass is 9.76. The van der Waals surface area contributed by atoms with E-state index in [1.807, 2.05) is 18.9 Å². The monoisotopic (exact) mass is 582 g/mol. The smallest absolute Gasteiger partial charge is 0.255 e. The Hall–Kier alpha value is -2.75. The van der Waals surface area contributed by atoms with E-state index >= 15 is 0 Å². The lowest BCUT2D eigenvalue weighted by molar-refractivity contribution is -0.115. The second-order valence-corrected chi connectivity index (χ2v) is 14.1. The number of anilines is 1. The zero-order valence-corrected chi connectivity index (χ0v) is 25.8. The molecule has 1 saturated carbocycles. The van der Waals surface area contributed by atoms with Crippen molar-refractivity contribution in [3.05, 3.63) is 59.7 Å². The number of benzene rings is 2. The highest BCUT2D eigenvalue weighted by atomic mass is 32.2. The molecule has 0 spiro atoms. The van der Waals surface area contributed by atoms with Crippen LogP contribution in [0.25, 0.3) is 0 Å². The summed E-state index contributed by atoms with van der Waals surface area (Å²) in [6.45, 7) is 6.56. The third-order valence-corrected chi connectivity index (χ3v) is 10.6. The fraction of sp³-hybridized carbons (Fsp3) is 0.562. The molecule has 41 heavy (non-hydrogen) atoms. The van der Waals surface area contributed by atoms with Gasteiger partial charge in [-0.15, -0.1) is 0 Å². The zero-order chi connectivity index (χ0) is 29.6. The normalized spacial score (nSPS) is 22.6. The Labute approximate surface area is 245 Å². The van der Waals surface area contributed by atoms with Crippen molar-refractivity contribution in [3.8, 4) is 0 Å². The third-order valence-electron chi connectivity index (χ3n) is 8.90. The molecule has 2 amide bonds. The summed E-state index contributed by atoms with van der Waals surface area (Å²) in [7, 11) is -1.23. The van der Waals surface area contributed by atoms with E-state index in [1.54, 1.807) is 55.5 Å². The fourth-order valence-corrected chi connectivity index (χ4v) is 7.32. The van der Waals surface area contributed by atoms with E-state index in [2.05, 4.69) is 22.7 Å². The number of hydrogen-bond acceptors (Lipinski definition) is 6. The van der Waals surface area contributed by atoms with Gasteiger partial charge in [0.2, 0.25) is 5.91 Å². The summed E-state index contributed by atoms with van der Waals surface area (Å²) in [5.74, 6) is 0.412. The number of hydrogen-bond donors (Lipinski definition) is 2. The first kappa shape index (κ1) is 31.2. The van der Waals surface area contributed by atoms with E-state index in [-0.39, 0.29) is 40.6 Å². The van der Waals surface area contributed by atoms with Gasteiger partial charge in [-0.2, -0.15) is 0 Å². The molecule has 8 nitrogen and oxygen atoms in total. The first-order valence-corrected chi connectivity index (χ1v) is 16.7. The highest BCUT2D eigenvalue weighted by molar-refractivity contribution is 7.91. The minimum absolute atomic E-state index is 0.0203. The molecule has 224 valence electrons. The molecule has 2 N–H and O–H groups in total. The van der Waals surface area contributed by atoms with E-state index in [1.165, 1.54) is 44.9 Å². The van der Waals surface area contributed by atoms with Gasteiger partial charge >= 0.3 is 0 Å². The highest BCUT2D eigenvalue weighted by Crippen LogP contribution is 2.38. The molecule has 4 rings (SSSR count). The number of rotatable bonds is 9. The number of nitrogens with zero attached hydrogens (tertiary/aromatic N) is 2. The van der Waals surface area contributed by atoms with Crippen LogP contribution in [0.4, 0.5) is 5.69 Å². The number of carbonyl (C=O) groups is 2. The van der Waals surface area contributed by atoms with Gasteiger partial charge in [0.1, 0.15) is 0 Å². The quantitative estimate of drug-likeness (QED) is 0.410. The lowest BCUT2D eigenvalue weighted by Gasteiger charge is -2.36. The van der Waals surface area contributed by atoms with Gasteiger partial charge < -0.3 is 10.2 Å². The van der Waals surface area contributed by atoms with E-state index < -0.39 is 9.84 Å². The van der Waals surface area contributed by atoms with Crippen LogP contribution in [-0.4, -0.2) is 61.2 Å². The second kappa shape index (κ2) is 13.5. The minimum Gasteiger partial charge on any atom is -0.326 e. The van der Waals surface area contributed by atoms with Crippen molar-refractivity contribution < 1.29 is 18.0 Å². The summed E-state index contributed by atoms with van der Waals surface area (Å²) < 4.78 is 24.0. The van der Waals surface area contributed by atoms with E-state index in [0.717, 1.165) is 12.0 Å². The SMILES string of the molecule is CCN(C(=O)c1ccc(NC(=O)Cc2ccc(S(=O)(=O)CC)cc2)cc1)C1CC(C)(C2CCCCCCC2)NN1C. The number of hydrazine groups is 1. The van der Waals surface area contributed by atoms with Crippen LogP contribution in [0.3, 0.4) is 0 Å². The maximum Gasteiger partial charge on any atom is 0.255 e. The Bertz CT molecular complexity index is 1290. The molecule has 0 bridgehead atoms. The van der Waals surface area contributed by atoms with Crippen LogP contribution in [0.2, 0.25) is 0 Å². The molecule has 9 heteroatoms. The van der Waals surface area contributed by atoms with Crippen LogP contribution in [0, 0.1) is 5.92 Å². The molecule has 1 aliphatic heterocycles. The largest absolute Gasteiger partial charge is 0.326 e. The standard InChI is InChI=1S/C32H46N4O4S/c1-5-36(30-23-32(3,34-35(30)4)26-12-10-8-7-9-11-13-26)31(38)25-16-18-27(19-17-25)33-29(37)22-24-14-20-28(21-15-24)41(39,40)6-2/h14-21,26,30,34H,5-13,22-23H2,1-4H3,(H,33,37). The molecule has 1 saturated heterocycles. The summed E-state index contributed by atoms with van der Waals surface area (Å²) in [5.41, 5.74) is 5.64. The van der Waals surface area contributed by atoms with Gasteiger partial charge in [-0.05, 0) is 74.6 Å². The van der Waals surface area contributed by atoms with Crippen LogP contribution < -0.4 is 10.7 Å². The van der Waals surface area contributed by atoms with Crippen molar-refractivity contribution in [2.45, 2.75) is 95.2 Å². The molecule has 2 unspecified atom stereocenters. The number of amides is 2. The summed E-state index contributed by atoms with van der Waals surface area (Å²) in [6.07, 6.45) is 10.0. The topological polar surface area (TPSA) is 98.8 Å². The van der Waals surface area contributed by atoms with E-state index in [9.17, 15) is 18.0 Å². The third kappa shape index (κ3) is 7.56. The summed E-state index contributed by atoms with van der Waals surface area (Å²) in [6, 6.07) is 13.5. The number of carbonyl (C=O) groups excluding carboxylic acids is 2. The van der Waals surface area contributed by atoms with Crippen molar-refractivity contribution in [1.29, 1.82) is 0 Å². The molecule has 1 aliphatic carbocycles. The van der Waals surface area contributed by atoms with Crippen LogP contribution >= 0.6 is 0 Å². The Morgan fingerprint density at radius 3 is 2.17 bits per heavy atom. The van der Waals surface area contributed by atoms with Gasteiger partial charge in [0, 0.05) is 36.8 Å². The number of nitrogens with one attached hydrogen (secondary N) is 2. The predicted molar refractivity (Wildman–Crippen MR) is 163 cm³/mol. The first-order chi connectivity index (χ1) is 19.6. The molecule has 0 aromatic heterocycles. The van der Waals surface area contributed by atoms with Crippen molar-refractivity contribution in [3.63, 3.8) is 0 Å². The van der Waals surface area contributed by atoms with Crippen LogP contribution in [0.5, 0.6) is 0 Å². The second-order valence-electron chi connectivity index (χ2n) is 11.8. The van der Waals surface area contributed by atoms with Gasteiger partial charge in [-0.25, -0.2) is 18.9 Å². The molecule has 2 aromatic rings. The zero-order valence-electron chi connectivity index (χ0n) is 25.0. The highest BCUT2D eigenvalue weighted by Gasteiger charge is 2.46. The van der Waals surface area contributed by atoms with Crippen molar-refractivity contribution >= 4 is 27.3 Å². The Kier molecular flexibility index (Phi) is 10.3. The van der Waals surface area contributed by atoms with Gasteiger partial charge in [0.25, 0.3) is 5.91 Å². The van der Waals surface area contributed by atoms with Crippen LogP contribution in [0.1, 0.15) is 88.1 Å². The lowest BCUT2D eigenvalue weighted by Crippen LogP contribution is -2.50. The van der Waals surface area contributed by atoms with Gasteiger partial charge in [0.05, 0.1) is 23.2 Å². The number of sulfone groups is 1. The molecule has 2 aliphatic rings. The minimum atomic E-state index is -3.27. The Morgan fingerprint density at radius 1 is 0.976 bits per heavy atom. The maximum atomic E-state index is 13.6. The van der Waals surface area contributed by atoms with Gasteiger partial charge in [0.15, 0.2) is 9.84 Å². The molecular weight excluding hydrogens is 536 g/mol. The van der Waals surface area contributed by atoms with Crippen LogP contribution in [-0.2, 0) is 21.1 Å². The average Bonchev–Trinajstić information content (AvgIpc) is 3.23. The van der Waals surface area contributed by atoms with Crippen molar-refractivity contribution in [2.75, 3.05) is 24.7 Å². The van der Waals surface area contributed by atoms with E-state index in [4.69, 9.17) is 0 Å². The molecular formula is C32H46N4O4S.